The summed E-state index contributed by atoms with van der Waals surface area (Å²) in [6, 6.07) is 1.35. The summed E-state index contributed by atoms with van der Waals surface area (Å²) >= 11 is 0. The highest BCUT2D eigenvalue weighted by atomic mass is 16.6. The lowest BCUT2D eigenvalue weighted by Crippen LogP contribution is -1.98. The topological polar surface area (TPSA) is 91.3 Å². The first-order valence-electron chi connectivity index (χ1n) is 4.09. The first-order chi connectivity index (χ1) is 6.65. The van der Waals surface area contributed by atoms with Crippen molar-refractivity contribution >= 4 is 11.5 Å². The van der Waals surface area contributed by atoms with Crippen molar-refractivity contribution in [3.63, 3.8) is 0 Å². The van der Waals surface area contributed by atoms with Crippen LogP contribution in [0.4, 0.5) is 11.5 Å². The van der Waals surface area contributed by atoms with Gasteiger partial charge in [-0.1, -0.05) is 13.8 Å². The number of nitro groups is 1. The Morgan fingerprint density at radius 2 is 2.14 bits per heavy atom. The van der Waals surface area contributed by atoms with E-state index in [-0.39, 0.29) is 11.5 Å². The number of nitrogen functional groups attached to an aromatic ring is 1. The fourth-order valence-corrected chi connectivity index (χ4v) is 0.719. The summed E-state index contributed by atoms with van der Waals surface area (Å²) < 4.78 is 4.76. The highest BCUT2D eigenvalue weighted by Crippen LogP contribution is 2.21. The van der Waals surface area contributed by atoms with E-state index in [1.165, 1.54) is 19.4 Å². The fraction of sp³-hybridized carbons (Fsp3) is 0.375. The molecule has 0 saturated heterocycles. The molecule has 0 bridgehead atoms. The van der Waals surface area contributed by atoms with Crippen LogP contribution in [0.15, 0.2) is 12.3 Å². The summed E-state index contributed by atoms with van der Waals surface area (Å²) in [6.45, 7) is 4.00. The van der Waals surface area contributed by atoms with Crippen LogP contribution in [0.25, 0.3) is 0 Å². The normalized spacial score (nSPS) is 8.50. The molecule has 0 aliphatic carbocycles. The molecule has 0 atom stereocenters. The van der Waals surface area contributed by atoms with Crippen molar-refractivity contribution in [2.24, 2.45) is 0 Å². The predicted molar refractivity (Wildman–Crippen MR) is 53.2 cm³/mol. The van der Waals surface area contributed by atoms with Crippen LogP contribution in [0.2, 0.25) is 0 Å². The van der Waals surface area contributed by atoms with E-state index in [0.29, 0.717) is 5.75 Å². The molecule has 14 heavy (non-hydrogen) atoms. The number of methoxy groups -OCH3 is 1. The van der Waals surface area contributed by atoms with Crippen LogP contribution in [-0.2, 0) is 0 Å². The second-order valence-electron chi connectivity index (χ2n) is 2.05. The van der Waals surface area contributed by atoms with Crippen LogP contribution in [0, 0.1) is 10.1 Å². The fourth-order valence-electron chi connectivity index (χ4n) is 0.719. The molecule has 0 fully saturated rings. The second-order valence-corrected chi connectivity index (χ2v) is 2.05. The Balaban J connectivity index is 0.000000791. The largest absolute Gasteiger partial charge is 0.493 e. The summed E-state index contributed by atoms with van der Waals surface area (Å²) in [5.74, 6) is 0.0499. The molecule has 0 amide bonds. The van der Waals surface area contributed by atoms with Gasteiger partial charge in [0.25, 0.3) is 0 Å². The molecule has 2 N–H and O–H groups in total. The third kappa shape index (κ3) is 2.89. The number of rotatable bonds is 2. The summed E-state index contributed by atoms with van der Waals surface area (Å²) in [5.41, 5.74) is 5.31. The van der Waals surface area contributed by atoms with Gasteiger partial charge in [0.05, 0.1) is 7.11 Å². The Hall–Kier alpha value is -1.85. The minimum Gasteiger partial charge on any atom is -0.493 e. The van der Waals surface area contributed by atoms with Crippen molar-refractivity contribution in [1.82, 2.24) is 4.98 Å². The van der Waals surface area contributed by atoms with Crippen LogP contribution in [0.5, 0.6) is 5.75 Å². The van der Waals surface area contributed by atoms with E-state index >= 15 is 0 Å². The first kappa shape index (κ1) is 12.2. The zero-order valence-corrected chi connectivity index (χ0v) is 8.35. The average molecular weight is 199 g/mol. The Morgan fingerprint density at radius 1 is 1.57 bits per heavy atom. The van der Waals surface area contributed by atoms with Crippen LogP contribution >= 0.6 is 0 Å². The molecule has 1 aromatic rings. The summed E-state index contributed by atoms with van der Waals surface area (Å²) in [4.78, 5) is 13.1. The number of pyridine rings is 1. The van der Waals surface area contributed by atoms with Gasteiger partial charge in [-0.3, -0.25) is 0 Å². The molecule has 1 rings (SSSR count). The van der Waals surface area contributed by atoms with E-state index in [2.05, 4.69) is 4.98 Å². The SMILES string of the molecule is CC.COc1cnc([N+](=O)[O-])c(N)c1. The van der Waals surface area contributed by atoms with Crippen LogP contribution in [0.1, 0.15) is 13.8 Å². The van der Waals surface area contributed by atoms with Gasteiger partial charge in [-0.2, -0.15) is 0 Å². The molecule has 78 valence electrons. The Kier molecular flexibility index (Phi) is 4.98. The second kappa shape index (κ2) is 5.74. The van der Waals surface area contributed by atoms with Gasteiger partial charge in [0.1, 0.15) is 5.69 Å². The van der Waals surface area contributed by atoms with Gasteiger partial charge in [-0.05, 0) is 9.91 Å². The van der Waals surface area contributed by atoms with Gasteiger partial charge in [-0.15, -0.1) is 0 Å². The molecular weight excluding hydrogens is 186 g/mol. The maximum Gasteiger partial charge on any atom is 0.386 e. The van der Waals surface area contributed by atoms with Gasteiger partial charge in [0.15, 0.2) is 11.9 Å². The Bertz CT molecular complexity index is 315. The van der Waals surface area contributed by atoms with Crippen LogP contribution < -0.4 is 10.5 Å². The predicted octanol–water partition coefficient (Wildman–Crippen LogP) is 1.61. The molecule has 0 saturated carbocycles. The third-order valence-corrected chi connectivity index (χ3v) is 1.28. The number of hydrogen-bond acceptors (Lipinski definition) is 5. The molecule has 0 spiro atoms. The lowest BCUT2D eigenvalue weighted by Gasteiger charge is -1.98. The molecule has 1 heterocycles. The van der Waals surface area contributed by atoms with Gasteiger partial charge in [0, 0.05) is 6.07 Å². The molecule has 0 aliphatic rings. The lowest BCUT2D eigenvalue weighted by molar-refractivity contribution is -0.388. The number of aromatic nitrogens is 1. The van der Waals surface area contributed by atoms with Crippen LogP contribution in [0.3, 0.4) is 0 Å². The van der Waals surface area contributed by atoms with E-state index in [1.54, 1.807) is 0 Å². The van der Waals surface area contributed by atoms with E-state index in [9.17, 15) is 10.1 Å². The minimum atomic E-state index is -0.644. The molecule has 0 aromatic carbocycles. The molecule has 6 nitrogen and oxygen atoms in total. The smallest absolute Gasteiger partial charge is 0.386 e. The molecule has 6 heteroatoms. The molecule has 0 aliphatic heterocycles. The third-order valence-electron chi connectivity index (χ3n) is 1.28. The number of ether oxygens (including phenoxy) is 1. The monoisotopic (exact) mass is 199 g/mol. The van der Waals surface area contributed by atoms with E-state index in [1.807, 2.05) is 13.8 Å². The highest BCUT2D eigenvalue weighted by Gasteiger charge is 2.13. The van der Waals surface area contributed by atoms with Crippen LogP contribution in [-0.4, -0.2) is 17.0 Å². The van der Waals surface area contributed by atoms with Crippen molar-refractivity contribution in [3.8, 4) is 5.75 Å². The van der Waals surface area contributed by atoms with Crippen molar-refractivity contribution in [2.75, 3.05) is 12.8 Å². The highest BCUT2D eigenvalue weighted by molar-refractivity contribution is 5.55. The van der Waals surface area contributed by atoms with E-state index < -0.39 is 4.92 Å². The minimum absolute atomic E-state index is 0.000602. The zero-order valence-electron chi connectivity index (χ0n) is 8.35. The molecule has 1 aromatic heterocycles. The standard InChI is InChI=1S/C6H7N3O3.C2H6/c1-12-4-2-5(7)6(8-3-4)9(10)11;1-2/h2-3H,7H2,1H3;1-2H3. The summed E-state index contributed by atoms with van der Waals surface area (Å²) in [7, 11) is 1.43. The summed E-state index contributed by atoms with van der Waals surface area (Å²) in [6.07, 6.45) is 1.24. The molecule has 0 unspecified atom stereocenters. The first-order valence-corrected chi connectivity index (χ1v) is 4.09. The zero-order chi connectivity index (χ0) is 11.1. The van der Waals surface area contributed by atoms with Gasteiger partial charge in [-0.25, -0.2) is 0 Å². The Morgan fingerprint density at radius 3 is 2.50 bits per heavy atom. The van der Waals surface area contributed by atoms with E-state index in [0.717, 1.165) is 0 Å². The average Bonchev–Trinajstić information content (AvgIpc) is 2.20. The molecule has 0 radical (unpaired) electrons. The van der Waals surface area contributed by atoms with Gasteiger partial charge < -0.3 is 20.6 Å². The maximum absolute atomic E-state index is 10.2. The van der Waals surface area contributed by atoms with E-state index in [4.69, 9.17) is 10.5 Å². The maximum atomic E-state index is 10.2. The van der Waals surface area contributed by atoms with Gasteiger partial charge in [0.2, 0.25) is 0 Å². The number of hydrogen-bond donors (Lipinski definition) is 1. The number of anilines is 1. The van der Waals surface area contributed by atoms with Crippen molar-refractivity contribution in [2.45, 2.75) is 13.8 Å². The number of nitrogens with zero attached hydrogens (tertiary/aromatic N) is 2. The summed E-state index contributed by atoms with van der Waals surface area (Å²) in [5, 5.41) is 10.2. The molecular formula is C8H13N3O3. The lowest BCUT2D eigenvalue weighted by atomic mass is 10.4. The van der Waals surface area contributed by atoms with Crippen molar-refractivity contribution in [1.29, 1.82) is 0 Å². The Labute approximate surface area is 81.9 Å². The van der Waals surface area contributed by atoms with Crippen molar-refractivity contribution in [3.05, 3.63) is 22.4 Å². The van der Waals surface area contributed by atoms with Crippen molar-refractivity contribution < 1.29 is 9.66 Å². The van der Waals surface area contributed by atoms with Gasteiger partial charge >= 0.3 is 5.82 Å². The quantitative estimate of drug-likeness (QED) is 0.577. The number of nitrogens with two attached hydrogens (primary N) is 1.